The second-order valence-electron chi connectivity index (χ2n) is 6.30. The van der Waals surface area contributed by atoms with Crippen LogP contribution in [0.5, 0.6) is 0 Å². The summed E-state index contributed by atoms with van der Waals surface area (Å²) in [5, 5.41) is 0. The molecule has 0 aromatic heterocycles. The normalized spacial score (nSPS) is 20.9. The molecule has 1 rings (SSSR count). The van der Waals surface area contributed by atoms with Crippen molar-refractivity contribution in [1.82, 2.24) is 0 Å². The molecular formula is C13H22O5Si. The molecule has 0 aromatic rings. The molecule has 0 aliphatic carbocycles. The quantitative estimate of drug-likeness (QED) is 0.442. The Kier molecular flexibility index (Phi) is 4.14. The van der Waals surface area contributed by atoms with Crippen LogP contribution >= 0.6 is 0 Å². The monoisotopic (exact) mass is 286 g/mol. The molecule has 1 fully saturated rings. The maximum absolute atomic E-state index is 12.2. The highest BCUT2D eigenvalue weighted by molar-refractivity contribution is 6.51. The minimum atomic E-state index is -1.54. The number of hydrogen-bond acceptors (Lipinski definition) is 5. The van der Waals surface area contributed by atoms with Crippen LogP contribution < -0.4 is 0 Å². The van der Waals surface area contributed by atoms with E-state index >= 15 is 0 Å². The second-order valence-corrected chi connectivity index (χ2v) is 8.63. The second kappa shape index (κ2) is 5.00. The maximum atomic E-state index is 12.2. The standard InChI is InChI=1S/C13H22O5Si/c1-12(2,3)8(10(14)18-19(6)7)9-11(15)17-13(4,5)16-9/h19H,1-7H3. The van der Waals surface area contributed by atoms with Gasteiger partial charge >= 0.3 is 11.9 Å². The fraction of sp³-hybridized carbons (Fsp3) is 0.692. The highest BCUT2D eigenvalue weighted by Gasteiger charge is 2.44. The molecule has 1 aliphatic rings. The molecule has 1 heterocycles. The van der Waals surface area contributed by atoms with Crippen molar-refractivity contribution in [2.45, 2.75) is 53.5 Å². The summed E-state index contributed by atoms with van der Waals surface area (Å²) in [6.45, 7) is 12.5. The summed E-state index contributed by atoms with van der Waals surface area (Å²) in [5.41, 5.74) is -0.320. The minimum absolute atomic E-state index is 0.0304. The molecule has 0 radical (unpaired) electrons. The molecule has 19 heavy (non-hydrogen) atoms. The molecule has 5 nitrogen and oxygen atoms in total. The van der Waals surface area contributed by atoms with Gasteiger partial charge in [-0.05, 0) is 18.5 Å². The number of cyclic esters (lactones) is 1. The van der Waals surface area contributed by atoms with Gasteiger partial charge in [-0.3, -0.25) is 0 Å². The van der Waals surface area contributed by atoms with Gasteiger partial charge in [-0.1, -0.05) is 20.8 Å². The summed E-state index contributed by atoms with van der Waals surface area (Å²) < 4.78 is 15.9. The predicted octanol–water partition coefficient (Wildman–Crippen LogP) is 2.12. The fourth-order valence-electron chi connectivity index (χ4n) is 1.74. The lowest BCUT2D eigenvalue weighted by Gasteiger charge is -2.23. The number of ether oxygens (including phenoxy) is 2. The molecule has 0 bridgehead atoms. The third kappa shape index (κ3) is 3.83. The number of carbonyl (C=O) groups is 2. The van der Waals surface area contributed by atoms with Gasteiger partial charge < -0.3 is 13.9 Å². The van der Waals surface area contributed by atoms with Gasteiger partial charge in [0.1, 0.15) is 0 Å². The van der Waals surface area contributed by atoms with Crippen LogP contribution in [0.1, 0.15) is 34.6 Å². The number of esters is 1. The van der Waals surface area contributed by atoms with Gasteiger partial charge in [-0.15, -0.1) is 0 Å². The lowest BCUT2D eigenvalue weighted by atomic mass is 9.85. The van der Waals surface area contributed by atoms with Gasteiger partial charge in [0.15, 0.2) is 0 Å². The fourth-order valence-corrected chi connectivity index (χ4v) is 2.29. The van der Waals surface area contributed by atoms with Crippen molar-refractivity contribution in [3.63, 3.8) is 0 Å². The average molecular weight is 286 g/mol. The zero-order chi connectivity index (χ0) is 15.0. The zero-order valence-corrected chi connectivity index (χ0v) is 13.8. The molecule has 0 aromatic carbocycles. The van der Waals surface area contributed by atoms with Crippen LogP contribution in [-0.2, 0) is 23.5 Å². The summed E-state index contributed by atoms with van der Waals surface area (Å²) in [6.07, 6.45) is 0. The highest BCUT2D eigenvalue weighted by Crippen LogP contribution is 2.36. The Morgan fingerprint density at radius 2 is 1.74 bits per heavy atom. The van der Waals surface area contributed by atoms with Crippen molar-refractivity contribution < 1.29 is 23.5 Å². The van der Waals surface area contributed by atoms with Crippen molar-refractivity contribution >= 4 is 21.0 Å². The first-order chi connectivity index (χ1) is 8.44. The molecule has 1 saturated heterocycles. The molecule has 0 saturated carbocycles. The van der Waals surface area contributed by atoms with E-state index in [1.165, 1.54) is 0 Å². The predicted molar refractivity (Wildman–Crippen MR) is 72.7 cm³/mol. The van der Waals surface area contributed by atoms with Crippen molar-refractivity contribution in [3.8, 4) is 0 Å². The summed E-state index contributed by atoms with van der Waals surface area (Å²) >= 11 is 0. The Bertz CT molecular complexity index is 429. The van der Waals surface area contributed by atoms with Gasteiger partial charge in [0.05, 0.1) is 5.57 Å². The van der Waals surface area contributed by atoms with Gasteiger partial charge in [0.2, 0.25) is 20.6 Å². The lowest BCUT2D eigenvalue weighted by Crippen LogP contribution is -2.27. The Labute approximate surface area is 115 Å². The van der Waals surface area contributed by atoms with E-state index in [-0.39, 0.29) is 11.3 Å². The van der Waals surface area contributed by atoms with Crippen molar-refractivity contribution in [2.24, 2.45) is 5.41 Å². The van der Waals surface area contributed by atoms with Gasteiger partial charge in [-0.2, -0.15) is 0 Å². The molecule has 0 atom stereocenters. The van der Waals surface area contributed by atoms with E-state index < -0.39 is 32.2 Å². The molecule has 6 heteroatoms. The summed E-state index contributed by atoms with van der Waals surface area (Å²) in [5.74, 6) is -2.17. The van der Waals surface area contributed by atoms with Crippen LogP contribution in [0.4, 0.5) is 0 Å². The highest BCUT2D eigenvalue weighted by atomic mass is 28.3. The van der Waals surface area contributed by atoms with Crippen molar-refractivity contribution in [1.29, 1.82) is 0 Å². The van der Waals surface area contributed by atoms with E-state index in [1.807, 2.05) is 33.9 Å². The number of hydrogen-bond donors (Lipinski definition) is 0. The number of rotatable bonds is 2. The Morgan fingerprint density at radius 1 is 1.21 bits per heavy atom. The van der Waals surface area contributed by atoms with Crippen LogP contribution in [-0.4, -0.2) is 26.8 Å². The van der Waals surface area contributed by atoms with Crippen LogP contribution in [0.3, 0.4) is 0 Å². The summed E-state index contributed by atoms with van der Waals surface area (Å²) in [7, 11) is -1.54. The zero-order valence-electron chi connectivity index (χ0n) is 12.6. The molecule has 0 amide bonds. The number of carbonyl (C=O) groups excluding carboxylic acids is 2. The van der Waals surface area contributed by atoms with Crippen molar-refractivity contribution in [3.05, 3.63) is 11.3 Å². The van der Waals surface area contributed by atoms with Crippen LogP contribution in [0.2, 0.25) is 13.1 Å². The molecule has 1 aliphatic heterocycles. The Hall–Kier alpha value is -1.30. The van der Waals surface area contributed by atoms with E-state index in [0.29, 0.717) is 0 Å². The largest absolute Gasteiger partial charge is 0.519 e. The Morgan fingerprint density at radius 3 is 2.05 bits per heavy atom. The van der Waals surface area contributed by atoms with Crippen LogP contribution in [0, 0.1) is 5.41 Å². The first kappa shape index (κ1) is 15.8. The molecule has 0 unspecified atom stereocenters. The van der Waals surface area contributed by atoms with Crippen LogP contribution in [0.15, 0.2) is 11.3 Å². The first-order valence-corrected chi connectivity index (χ1v) is 9.10. The average Bonchev–Trinajstić information content (AvgIpc) is 2.35. The van der Waals surface area contributed by atoms with E-state index in [1.54, 1.807) is 13.8 Å². The topological polar surface area (TPSA) is 61.8 Å². The maximum Gasteiger partial charge on any atom is 0.377 e. The van der Waals surface area contributed by atoms with Crippen molar-refractivity contribution in [2.75, 3.05) is 0 Å². The van der Waals surface area contributed by atoms with E-state index in [2.05, 4.69) is 0 Å². The molecular weight excluding hydrogens is 264 g/mol. The minimum Gasteiger partial charge on any atom is -0.519 e. The van der Waals surface area contributed by atoms with E-state index in [0.717, 1.165) is 0 Å². The molecule has 108 valence electrons. The van der Waals surface area contributed by atoms with E-state index in [9.17, 15) is 9.59 Å². The van der Waals surface area contributed by atoms with Crippen LogP contribution in [0.25, 0.3) is 0 Å². The third-order valence-corrected chi connectivity index (χ3v) is 3.08. The third-order valence-electron chi connectivity index (χ3n) is 2.40. The molecule has 0 N–H and O–H groups in total. The summed E-state index contributed by atoms with van der Waals surface area (Å²) in [6, 6.07) is 0. The first-order valence-electron chi connectivity index (χ1n) is 6.32. The molecule has 0 spiro atoms. The van der Waals surface area contributed by atoms with Gasteiger partial charge in [0, 0.05) is 13.8 Å². The van der Waals surface area contributed by atoms with Gasteiger partial charge in [0.25, 0.3) is 0 Å². The van der Waals surface area contributed by atoms with Gasteiger partial charge in [-0.25, -0.2) is 9.59 Å². The lowest BCUT2D eigenvalue weighted by molar-refractivity contribution is -0.159. The SMILES string of the molecule is C[SiH](C)OC(=O)C(=C1OC(C)(C)OC1=O)C(C)(C)C. The summed E-state index contributed by atoms with van der Waals surface area (Å²) in [4.78, 5) is 24.1. The Balaban J connectivity index is 3.26. The van der Waals surface area contributed by atoms with E-state index in [4.69, 9.17) is 13.9 Å². The smallest absolute Gasteiger partial charge is 0.377 e.